The molecule has 1 aliphatic carbocycles. The number of nitrogens with one attached hydrogen (secondary N) is 2. The number of hydrogen-bond donors (Lipinski definition) is 2. The van der Waals surface area contributed by atoms with Gasteiger partial charge in [-0.2, -0.15) is 0 Å². The highest BCUT2D eigenvalue weighted by molar-refractivity contribution is 6.30. The topological polar surface area (TPSA) is 65.2 Å². The van der Waals surface area contributed by atoms with Gasteiger partial charge in [0, 0.05) is 31.2 Å². The van der Waals surface area contributed by atoms with Crippen LogP contribution in [0.25, 0.3) is 0 Å². The summed E-state index contributed by atoms with van der Waals surface area (Å²) in [4.78, 5) is 29.4. The van der Waals surface area contributed by atoms with Gasteiger partial charge < -0.3 is 15.2 Å². The lowest BCUT2D eigenvalue weighted by Gasteiger charge is -2.32. The molecule has 1 saturated heterocycles. The maximum atomic E-state index is 12.4. The molecule has 5 nitrogen and oxygen atoms in total. The van der Waals surface area contributed by atoms with Crippen molar-refractivity contribution in [3.05, 3.63) is 23.0 Å². The second-order valence-electron chi connectivity index (χ2n) is 6.64. The number of piperidine rings is 1. The largest absolute Gasteiger partial charge is 0.356 e. The lowest BCUT2D eigenvalue weighted by molar-refractivity contribution is -0.127. The smallest absolute Gasteiger partial charge is 0.270 e. The third-order valence-corrected chi connectivity index (χ3v) is 5.20. The molecule has 1 aromatic rings. The number of aromatic nitrogens is 1. The van der Waals surface area contributed by atoms with Gasteiger partial charge in [0.1, 0.15) is 5.69 Å². The zero-order valence-corrected chi connectivity index (χ0v) is 14.1. The van der Waals surface area contributed by atoms with Crippen molar-refractivity contribution in [2.45, 2.75) is 51.0 Å². The minimum absolute atomic E-state index is 0.0354. The fourth-order valence-electron chi connectivity index (χ4n) is 3.57. The van der Waals surface area contributed by atoms with E-state index in [4.69, 9.17) is 11.6 Å². The maximum absolute atomic E-state index is 12.4. The molecule has 0 unspecified atom stereocenters. The summed E-state index contributed by atoms with van der Waals surface area (Å²) in [6.45, 7) is 1.25. The van der Waals surface area contributed by atoms with Gasteiger partial charge in [-0.15, -0.1) is 0 Å². The molecule has 3 rings (SSSR count). The minimum Gasteiger partial charge on any atom is -0.356 e. The molecule has 2 aliphatic rings. The second kappa shape index (κ2) is 7.39. The van der Waals surface area contributed by atoms with Crippen LogP contribution >= 0.6 is 11.6 Å². The molecular formula is C17H24ClN3O2. The average Bonchev–Trinajstić information content (AvgIpc) is 3.02. The fourth-order valence-corrected chi connectivity index (χ4v) is 3.74. The van der Waals surface area contributed by atoms with E-state index in [0.717, 1.165) is 25.7 Å². The lowest BCUT2D eigenvalue weighted by atomic mass is 9.92. The first kappa shape index (κ1) is 16.4. The van der Waals surface area contributed by atoms with E-state index in [1.165, 1.54) is 19.3 Å². The van der Waals surface area contributed by atoms with Crippen molar-refractivity contribution in [1.29, 1.82) is 0 Å². The molecule has 6 heteroatoms. The van der Waals surface area contributed by atoms with Crippen LogP contribution < -0.4 is 5.32 Å². The summed E-state index contributed by atoms with van der Waals surface area (Å²) in [5.74, 6) is 0.170. The Morgan fingerprint density at radius 3 is 2.43 bits per heavy atom. The van der Waals surface area contributed by atoms with Gasteiger partial charge in [-0.25, -0.2) is 0 Å². The van der Waals surface area contributed by atoms with E-state index >= 15 is 0 Å². The van der Waals surface area contributed by atoms with Crippen LogP contribution in [0.2, 0.25) is 5.02 Å². The van der Waals surface area contributed by atoms with Crippen LogP contribution in [0.3, 0.4) is 0 Å². The molecular weight excluding hydrogens is 314 g/mol. The number of nitrogens with zero attached hydrogens (tertiary/aromatic N) is 1. The van der Waals surface area contributed by atoms with Gasteiger partial charge in [0.2, 0.25) is 5.91 Å². The molecule has 1 aromatic heterocycles. The van der Waals surface area contributed by atoms with Gasteiger partial charge in [-0.1, -0.05) is 30.9 Å². The summed E-state index contributed by atoms with van der Waals surface area (Å²) in [7, 11) is 0. The molecule has 0 bridgehead atoms. The van der Waals surface area contributed by atoms with E-state index in [9.17, 15) is 9.59 Å². The molecule has 126 valence electrons. The third kappa shape index (κ3) is 4.08. The van der Waals surface area contributed by atoms with E-state index in [-0.39, 0.29) is 17.7 Å². The van der Waals surface area contributed by atoms with Crippen LogP contribution in [0.15, 0.2) is 12.3 Å². The molecule has 0 spiro atoms. The minimum atomic E-state index is -0.0389. The van der Waals surface area contributed by atoms with Gasteiger partial charge in [0.05, 0.1) is 5.02 Å². The van der Waals surface area contributed by atoms with Crippen LogP contribution in [0.1, 0.15) is 55.4 Å². The van der Waals surface area contributed by atoms with Gasteiger partial charge in [0.15, 0.2) is 0 Å². The predicted molar refractivity (Wildman–Crippen MR) is 89.4 cm³/mol. The van der Waals surface area contributed by atoms with Crippen LogP contribution in [0.5, 0.6) is 0 Å². The maximum Gasteiger partial charge on any atom is 0.270 e. The summed E-state index contributed by atoms with van der Waals surface area (Å²) < 4.78 is 0. The Bertz CT molecular complexity index is 558. The normalized spacial score (nSPS) is 20.5. The number of carbonyl (C=O) groups excluding carboxylic acids is 2. The number of amides is 2. The molecule has 23 heavy (non-hydrogen) atoms. The standard InChI is InChI=1S/C17H24ClN3O2/c18-13-10-15(19-11-13)17(23)21-8-6-12(7-9-21)16(22)20-14-4-2-1-3-5-14/h10-12,14,19H,1-9H2,(H,20,22). The van der Waals surface area contributed by atoms with Crippen molar-refractivity contribution >= 4 is 23.4 Å². The second-order valence-corrected chi connectivity index (χ2v) is 7.08. The van der Waals surface area contributed by atoms with Crippen molar-refractivity contribution in [2.24, 2.45) is 5.92 Å². The molecule has 0 atom stereocenters. The first-order valence-electron chi connectivity index (χ1n) is 8.57. The van der Waals surface area contributed by atoms with E-state index in [0.29, 0.717) is 29.8 Å². The van der Waals surface area contributed by atoms with Crippen LogP contribution in [0.4, 0.5) is 0 Å². The highest BCUT2D eigenvalue weighted by Crippen LogP contribution is 2.22. The Morgan fingerprint density at radius 1 is 1.13 bits per heavy atom. The Hall–Kier alpha value is -1.49. The van der Waals surface area contributed by atoms with E-state index < -0.39 is 0 Å². The molecule has 1 saturated carbocycles. The van der Waals surface area contributed by atoms with E-state index in [2.05, 4.69) is 10.3 Å². The fraction of sp³-hybridized carbons (Fsp3) is 0.647. The molecule has 2 fully saturated rings. The first-order chi connectivity index (χ1) is 11.1. The highest BCUT2D eigenvalue weighted by atomic mass is 35.5. The summed E-state index contributed by atoms with van der Waals surface area (Å²) >= 11 is 5.85. The molecule has 0 aromatic carbocycles. The Kier molecular flexibility index (Phi) is 5.26. The van der Waals surface area contributed by atoms with Crippen LogP contribution in [-0.4, -0.2) is 40.8 Å². The number of H-pyrrole nitrogens is 1. The van der Waals surface area contributed by atoms with Gasteiger partial charge >= 0.3 is 0 Å². The van der Waals surface area contributed by atoms with Crippen molar-refractivity contribution in [2.75, 3.05) is 13.1 Å². The number of aromatic amines is 1. The number of likely N-dealkylation sites (tertiary alicyclic amines) is 1. The predicted octanol–water partition coefficient (Wildman–Crippen LogP) is 2.97. The Morgan fingerprint density at radius 2 is 1.83 bits per heavy atom. The number of halogens is 1. The van der Waals surface area contributed by atoms with Crippen molar-refractivity contribution in [3.63, 3.8) is 0 Å². The van der Waals surface area contributed by atoms with Gasteiger partial charge in [-0.3, -0.25) is 9.59 Å². The number of hydrogen-bond acceptors (Lipinski definition) is 2. The van der Waals surface area contributed by atoms with Crippen molar-refractivity contribution < 1.29 is 9.59 Å². The zero-order chi connectivity index (χ0) is 16.2. The van der Waals surface area contributed by atoms with Crippen molar-refractivity contribution in [1.82, 2.24) is 15.2 Å². The zero-order valence-electron chi connectivity index (χ0n) is 13.3. The van der Waals surface area contributed by atoms with E-state index in [1.807, 2.05) is 0 Å². The van der Waals surface area contributed by atoms with Crippen LogP contribution in [-0.2, 0) is 4.79 Å². The Labute approximate surface area is 141 Å². The monoisotopic (exact) mass is 337 g/mol. The lowest BCUT2D eigenvalue weighted by Crippen LogP contribution is -2.45. The van der Waals surface area contributed by atoms with Crippen molar-refractivity contribution in [3.8, 4) is 0 Å². The molecule has 2 N–H and O–H groups in total. The number of carbonyl (C=O) groups is 2. The average molecular weight is 338 g/mol. The summed E-state index contributed by atoms with van der Waals surface area (Å²) in [6, 6.07) is 2.00. The summed E-state index contributed by atoms with van der Waals surface area (Å²) in [5.41, 5.74) is 0.514. The Balaban J connectivity index is 1.47. The molecule has 0 radical (unpaired) electrons. The molecule has 1 aliphatic heterocycles. The van der Waals surface area contributed by atoms with Crippen LogP contribution in [0, 0.1) is 5.92 Å². The quantitative estimate of drug-likeness (QED) is 0.890. The first-order valence-corrected chi connectivity index (χ1v) is 8.95. The SMILES string of the molecule is O=C(NC1CCCCC1)C1CCN(C(=O)c2cc(Cl)c[nH]2)CC1. The van der Waals surface area contributed by atoms with E-state index in [1.54, 1.807) is 17.2 Å². The summed E-state index contributed by atoms with van der Waals surface area (Å²) in [5, 5.41) is 3.74. The van der Waals surface area contributed by atoms with Gasteiger partial charge in [-0.05, 0) is 31.7 Å². The van der Waals surface area contributed by atoms with Gasteiger partial charge in [0.25, 0.3) is 5.91 Å². The molecule has 2 amide bonds. The summed E-state index contributed by atoms with van der Waals surface area (Å²) in [6.07, 6.45) is 9.02. The highest BCUT2D eigenvalue weighted by Gasteiger charge is 2.29. The number of rotatable bonds is 3. The molecule has 2 heterocycles. The third-order valence-electron chi connectivity index (χ3n) is 4.98.